The summed E-state index contributed by atoms with van der Waals surface area (Å²) in [7, 11) is -2.46. The van der Waals surface area contributed by atoms with Gasteiger partial charge in [0.2, 0.25) is 10.0 Å². The van der Waals surface area contributed by atoms with Crippen LogP contribution in [-0.2, 0) is 29.1 Å². The van der Waals surface area contributed by atoms with E-state index in [0.717, 1.165) is 0 Å². The summed E-state index contributed by atoms with van der Waals surface area (Å²) in [6.07, 6.45) is 0. The lowest BCUT2D eigenvalue weighted by Gasteiger charge is -2.34. The van der Waals surface area contributed by atoms with Gasteiger partial charge in [0.15, 0.2) is 0 Å². The molecular weight excluding hydrogens is 588 g/mol. The molecule has 0 aromatic heterocycles. The number of halogens is 1. The second-order valence-corrected chi connectivity index (χ2v) is 12.3. The predicted molar refractivity (Wildman–Crippen MR) is 155 cm³/mol. The molecule has 2 aromatic rings. The lowest BCUT2D eigenvalue weighted by molar-refractivity contribution is -0.385. The molecule has 14 heteroatoms. The van der Waals surface area contributed by atoms with E-state index in [1.54, 1.807) is 19.9 Å². The number of allylic oxidation sites excluding steroid dienone is 1. The summed E-state index contributed by atoms with van der Waals surface area (Å²) in [6.45, 7) is 4.91. The third-order valence-corrected chi connectivity index (χ3v) is 9.56. The normalized spacial score (nSPS) is 20.1. The Kier molecular flexibility index (Phi) is 9.77. The van der Waals surface area contributed by atoms with Crippen molar-refractivity contribution in [3.8, 4) is 0 Å². The Morgan fingerprint density at radius 3 is 2.33 bits per heavy atom. The average molecular weight is 619 g/mol. The number of nitro benzene ring substituents is 1. The summed E-state index contributed by atoms with van der Waals surface area (Å²) in [5.41, 5.74) is 0.642. The zero-order valence-electron chi connectivity index (χ0n) is 23.4. The van der Waals surface area contributed by atoms with Crippen LogP contribution in [0.15, 0.2) is 69.7 Å². The van der Waals surface area contributed by atoms with Crippen LogP contribution in [0.3, 0.4) is 0 Å². The molecule has 4 rings (SSSR count). The van der Waals surface area contributed by atoms with E-state index < -0.39 is 38.7 Å². The van der Waals surface area contributed by atoms with Crippen LogP contribution in [-0.4, -0.2) is 86.6 Å². The molecule has 12 nitrogen and oxygen atoms in total. The molecule has 0 aliphatic carbocycles. The van der Waals surface area contributed by atoms with Gasteiger partial charge in [0, 0.05) is 66.7 Å². The molecule has 2 atom stereocenters. The van der Waals surface area contributed by atoms with Crippen molar-refractivity contribution in [3.05, 3.63) is 80.5 Å². The molecular formula is C28H31ClN4O8S. The fourth-order valence-electron chi connectivity index (χ4n) is 5.28. The van der Waals surface area contributed by atoms with Crippen molar-refractivity contribution in [2.45, 2.75) is 24.7 Å². The number of esters is 2. The number of para-hydroxylation sites is 1. The monoisotopic (exact) mass is 618 g/mol. The third kappa shape index (κ3) is 6.54. The van der Waals surface area contributed by atoms with Crippen LogP contribution < -0.4 is 0 Å². The zero-order chi connectivity index (χ0) is 30.6. The summed E-state index contributed by atoms with van der Waals surface area (Å²) in [5.74, 6) is -3.52. The van der Waals surface area contributed by atoms with Gasteiger partial charge < -0.3 is 9.47 Å². The second-order valence-electron chi connectivity index (χ2n) is 9.88. The number of sulfonamides is 1. The molecule has 2 aliphatic rings. The van der Waals surface area contributed by atoms with Gasteiger partial charge in [0.05, 0.1) is 22.5 Å². The Morgan fingerprint density at radius 1 is 1.07 bits per heavy atom. The van der Waals surface area contributed by atoms with Crippen LogP contribution in [0, 0.1) is 16.0 Å². The second kappa shape index (κ2) is 13.1. The predicted octanol–water partition coefficient (Wildman–Crippen LogP) is 3.42. The number of nitro groups is 1. The summed E-state index contributed by atoms with van der Waals surface area (Å²) in [5, 5.41) is 12.3. The first-order valence-corrected chi connectivity index (χ1v) is 15.0. The molecule has 1 fully saturated rings. The first kappa shape index (κ1) is 31.3. The number of rotatable bonds is 9. The van der Waals surface area contributed by atoms with Gasteiger partial charge in [0.25, 0.3) is 5.69 Å². The fourth-order valence-corrected chi connectivity index (χ4v) is 6.83. The van der Waals surface area contributed by atoms with Gasteiger partial charge in [-0.2, -0.15) is 4.31 Å². The van der Waals surface area contributed by atoms with Crippen molar-refractivity contribution >= 4 is 45.0 Å². The van der Waals surface area contributed by atoms with Gasteiger partial charge in [-0.25, -0.2) is 13.2 Å². The summed E-state index contributed by atoms with van der Waals surface area (Å²) >= 11 is 5.88. The maximum Gasteiger partial charge on any atom is 0.336 e. The fraction of sp³-hybridized carbons (Fsp3) is 0.393. The highest BCUT2D eigenvalue weighted by atomic mass is 35.5. The van der Waals surface area contributed by atoms with Crippen molar-refractivity contribution < 1.29 is 32.4 Å². The number of methoxy groups -OCH3 is 1. The number of nitrogens with zero attached hydrogens (tertiary/aromatic N) is 4. The van der Waals surface area contributed by atoms with Gasteiger partial charge in [-0.15, -0.1) is 0 Å². The molecule has 42 heavy (non-hydrogen) atoms. The van der Waals surface area contributed by atoms with Crippen molar-refractivity contribution in [1.82, 2.24) is 9.21 Å². The minimum absolute atomic E-state index is 0.0191. The van der Waals surface area contributed by atoms with Gasteiger partial charge >= 0.3 is 11.9 Å². The standard InChI is InChI=1S/C28H31ClN4O8S/c1-18-24(27(34)40-3)26(22-6-4-5-7-23(22)33(36)37)25(19(2)30-18)28(35)41-17-16-31-12-14-32(15-13-31)42(38,39)21-10-8-20(29)9-11-21/h4-11,24,26H,12-17H2,1-3H3/t24?,26-/m1/s1. The lowest BCUT2D eigenvalue weighted by Crippen LogP contribution is -2.49. The molecule has 0 bridgehead atoms. The molecule has 1 unspecified atom stereocenters. The summed E-state index contributed by atoms with van der Waals surface area (Å²) in [4.78, 5) is 44.1. The van der Waals surface area contributed by atoms with Crippen LogP contribution in [0.2, 0.25) is 5.02 Å². The SMILES string of the molecule is COC(=O)C1C(C)=NC(C)=C(C(=O)OCCN2CCN(S(=O)(=O)c3ccc(Cl)cc3)CC2)[C@@H]1c1ccccc1[N+](=O)[O-]. The first-order chi connectivity index (χ1) is 19.9. The van der Waals surface area contributed by atoms with Crippen molar-refractivity contribution in [2.24, 2.45) is 10.9 Å². The quantitative estimate of drug-likeness (QED) is 0.234. The molecule has 224 valence electrons. The van der Waals surface area contributed by atoms with Gasteiger partial charge in [0.1, 0.15) is 12.5 Å². The van der Waals surface area contributed by atoms with E-state index in [-0.39, 0.29) is 41.4 Å². The van der Waals surface area contributed by atoms with Crippen LogP contribution in [0.5, 0.6) is 0 Å². The van der Waals surface area contributed by atoms with E-state index in [0.29, 0.717) is 36.1 Å². The molecule has 2 aromatic carbocycles. The molecule has 0 N–H and O–H groups in total. The maximum absolute atomic E-state index is 13.5. The van der Waals surface area contributed by atoms with Crippen LogP contribution in [0.1, 0.15) is 25.3 Å². The van der Waals surface area contributed by atoms with E-state index in [1.165, 1.54) is 53.9 Å². The van der Waals surface area contributed by atoms with Gasteiger partial charge in [-0.3, -0.25) is 24.8 Å². The molecule has 0 amide bonds. The van der Waals surface area contributed by atoms with Crippen molar-refractivity contribution in [3.63, 3.8) is 0 Å². The number of hydrogen-bond acceptors (Lipinski definition) is 10. The highest BCUT2D eigenvalue weighted by Gasteiger charge is 2.44. The highest BCUT2D eigenvalue weighted by Crippen LogP contribution is 2.43. The Bertz CT molecular complexity index is 1530. The molecule has 2 aliphatic heterocycles. The van der Waals surface area contributed by atoms with Crippen molar-refractivity contribution in [1.29, 1.82) is 0 Å². The molecule has 2 heterocycles. The Balaban J connectivity index is 1.45. The number of carbonyl (C=O) groups is 2. The van der Waals surface area contributed by atoms with E-state index >= 15 is 0 Å². The van der Waals surface area contributed by atoms with E-state index in [9.17, 15) is 28.1 Å². The van der Waals surface area contributed by atoms with E-state index in [1.807, 2.05) is 4.90 Å². The number of piperazine rings is 1. The van der Waals surface area contributed by atoms with Crippen LogP contribution >= 0.6 is 11.6 Å². The molecule has 0 radical (unpaired) electrons. The van der Waals surface area contributed by atoms with Crippen LogP contribution in [0.25, 0.3) is 0 Å². The number of ether oxygens (including phenoxy) is 2. The Labute approximate surface area is 248 Å². The minimum Gasteiger partial charge on any atom is -0.468 e. The molecule has 0 spiro atoms. The zero-order valence-corrected chi connectivity index (χ0v) is 24.9. The number of hydrogen-bond donors (Lipinski definition) is 0. The number of carbonyl (C=O) groups excluding carboxylic acids is 2. The average Bonchev–Trinajstić information content (AvgIpc) is 2.96. The summed E-state index contributed by atoms with van der Waals surface area (Å²) in [6, 6.07) is 11.9. The summed E-state index contributed by atoms with van der Waals surface area (Å²) < 4.78 is 37.9. The maximum atomic E-state index is 13.5. The number of benzene rings is 2. The van der Waals surface area contributed by atoms with Gasteiger partial charge in [-0.05, 0) is 38.1 Å². The Morgan fingerprint density at radius 2 is 1.71 bits per heavy atom. The molecule has 1 saturated heterocycles. The smallest absolute Gasteiger partial charge is 0.336 e. The first-order valence-electron chi connectivity index (χ1n) is 13.2. The minimum atomic E-state index is -3.66. The number of aliphatic imine (C=N–C) groups is 1. The Hall–Kier alpha value is -3.65. The largest absolute Gasteiger partial charge is 0.468 e. The third-order valence-electron chi connectivity index (χ3n) is 7.40. The topological polar surface area (TPSA) is 149 Å². The van der Waals surface area contributed by atoms with Gasteiger partial charge in [-0.1, -0.05) is 29.8 Å². The van der Waals surface area contributed by atoms with E-state index in [4.69, 9.17) is 21.1 Å². The van der Waals surface area contributed by atoms with Crippen LogP contribution in [0.4, 0.5) is 5.69 Å². The lowest BCUT2D eigenvalue weighted by atomic mass is 9.75. The van der Waals surface area contributed by atoms with Crippen molar-refractivity contribution in [2.75, 3.05) is 46.4 Å². The van der Waals surface area contributed by atoms with E-state index in [2.05, 4.69) is 4.99 Å². The molecule has 0 saturated carbocycles. The highest BCUT2D eigenvalue weighted by molar-refractivity contribution is 7.89.